The number of rotatable bonds is 3. The maximum atomic E-state index is 13.0. The molecule has 1 atom stereocenters. The molecule has 0 bridgehead atoms. The number of carbonyl (C=O) groups excluding carboxylic acids is 1. The molecule has 4 nitrogen and oxygen atoms in total. The number of nitrogens with two attached hydrogens (primary N) is 1. The fraction of sp³-hybridized carbons (Fsp3) is 0.500. The molecule has 0 saturated carbocycles. The highest BCUT2D eigenvalue weighted by Gasteiger charge is 2.37. The summed E-state index contributed by atoms with van der Waals surface area (Å²) in [5.41, 5.74) is 6.13. The third kappa shape index (κ3) is 3.04. The molecule has 0 radical (unpaired) electrons. The van der Waals surface area contributed by atoms with Gasteiger partial charge in [-0.25, -0.2) is 4.39 Å². The van der Waals surface area contributed by atoms with E-state index in [0.29, 0.717) is 19.5 Å². The van der Waals surface area contributed by atoms with Crippen LogP contribution in [0.4, 0.5) is 10.1 Å². The van der Waals surface area contributed by atoms with Gasteiger partial charge in [-0.2, -0.15) is 0 Å². The molecule has 104 valence electrons. The number of nitrogens with zero attached hydrogens (tertiary/aromatic N) is 1. The summed E-state index contributed by atoms with van der Waals surface area (Å²) in [7, 11) is 0. The third-order valence-electron chi connectivity index (χ3n) is 3.30. The summed E-state index contributed by atoms with van der Waals surface area (Å²) >= 11 is 0. The molecule has 19 heavy (non-hydrogen) atoms. The normalized spacial score (nSPS) is 22.2. The Kier molecular flexibility index (Phi) is 3.75. The zero-order valence-corrected chi connectivity index (χ0v) is 11.3. The van der Waals surface area contributed by atoms with E-state index in [2.05, 4.69) is 5.32 Å². The van der Waals surface area contributed by atoms with Crippen LogP contribution in [0.25, 0.3) is 0 Å². The summed E-state index contributed by atoms with van der Waals surface area (Å²) in [5, 5.41) is 2.99. The van der Waals surface area contributed by atoms with Gasteiger partial charge in [-0.05, 0) is 51.1 Å². The van der Waals surface area contributed by atoms with Gasteiger partial charge >= 0.3 is 0 Å². The fourth-order valence-electron chi connectivity index (χ4n) is 2.48. The largest absolute Gasteiger partial charge is 0.357 e. The van der Waals surface area contributed by atoms with E-state index >= 15 is 0 Å². The second-order valence-electron chi connectivity index (χ2n) is 5.57. The lowest BCUT2D eigenvalue weighted by Gasteiger charge is -2.45. The van der Waals surface area contributed by atoms with Crippen LogP contribution in [0.3, 0.4) is 0 Å². The number of anilines is 1. The Morgan fingerprint density at radius 2 is 2.05 bits per heavy atom. The molecule has 1 saturated heterocycles. The summed E-state index contributed by atoms with van der Waals surface area (Å²) < 4.78 is 13.0. The van der Waals surface area contributed by atoms with Gasteiger partial charge in [0, 0.05) is 12.2 Å². The van der Waals surface area contributed by atoms with E-state index in [0.717, 1.165) is 5.69 Å². The van der Waals surface area contributed by atoms with Crippen molar-refractivity contribution in [3.8, 4) is 0 Å². The van der Waals surface area contributed by atoms with E-state index in [-0.39, 0.29) is 23.3 Å². The van der Waals surface area contributed by atoms with Crippen LogP contribution < -0.4 is 16.0 Å². The Balaban J connectivity index is 2.31. The Morgan fingerprint density at radius 3 is 2.63 bits per heavy atom. The number of benzene rings is 1. The minimum absolute atomic E-state index is 0.0222. The number of piperazine rings is 1. The van der Waals surface area contributed by atoms with Crippen molar-refractivity contribution in [2.75, 3.05) is 18.0 Å². The third-order valence-corrected chi connectivity index (χ3v) is 3.30. The van der Waals surface area contributed by atoms with Crippen LogP contribution in [0.2, 0.25) is 0 Å². The maximum absolute atomic E-state index is 13.0. The van der Waals surface area contributed by atoms with Crippen molar-refractivity contribution in [3.63, 3.8) is 0 Å². The van der Waals surface area contributed by atoms with Gasteiger partial charge in [0.1, 0.15) is 11.9 Å². The summed E-state index contributed by atoms with van der Waals surface area (Å²) in [4.78, 5) is 14.2. The van der Waals surface area contributed by atoms with Crippen molar-refractivity contribution in [3.05, 3.63) is 30.1 Å². The monoisotopic (exact) mass is 265 g/mol. The first-order chi connectivity index (χ1) is 8.93. The molecule has 1 amide bonds. The zero-order chi connectivity index (χ0) is 14.0. The second-order valence-corrected chi connectivity index (χ2v) is 5.57. The molecule has 1 aromatic carbocycles. The van der Waals surface area contributed by atoms with Gasteiger partial charge in [0.25, 0.3) is 0 Å². The van der Waals surface area contributed by atoms with Crippen LogP contribution >= 0.6 is 0 Å². The molecule has 0 spiro atoms. The molecule has 1 fully saturated rings. The number of hydrogen-bond donors (Lipinski definition) is 2. The number of nitrogens with one attached hydrogen (secondary N) is 1. The zero-order valence-electron chi connectivity index (χ0n) is 11.3. The topological polar surface area (TPSA) is 58.4 Å². The molecule has 0 aliphatic carbocycles. The van der Waals surface area contributed by atoms with Gasteiger partial charge in [-0.3, -0.25) is 4.79 Å². The summed E-state index contributed by atoms with van der Waals surface area (Å²) in [6.45, 7) is 5.06. The van der Waals surface area contributed by atoms with Crippen molar-refractivity contribution in [2.24, 2.45) is 5.73 Å². The fourth-order valence-corrected chi connectivity index (χ4v) is 2.48. The van der Waals surface area contributed by atoms with Crippen LogP contribution in [0, 0.1) is 5.82 Å². The van der Waals surface area contributed by atoms with Crippen LogP contribution in [0.5, 0.6) is 0 Å². The van der Waals surface area contributed by atoms with Crippen LogP contribution in [-0.2, 0) is 4.79 Å². The minimum atomic E-state index is -0.309. The molecule has 2 rings (SSSR count). The average Bonchev–Trinajstić information content (AvgIpc) is 2.33. The highest BCUT2D eigenvalue weighted by molar-refractivity contribution is 5.87. The number of hydrogen-bond acceptors (Lipinski definition) is 3. The van der Waals surface area contributed by atoms with Crippen molar-refractivity contribution >= 4 is 11.6 Å². The smallest absolute Gasteiger partial charge is 0.243 e. The van der Waals surface area contributed by atoms with E-state index in [1.807, 2.05) is 18.7 Å². The summed E-state index contributed by atoms with van der Waals surface area (Å²) in [6, 6.07) is 5.94. The van der Waals surface area contributed by atoms with Gasteiger partial charge in [-0.1, -0.05) is 0 Å². The number of halogens is 1. The SMILES string of the molecule is CC1(C)CN(c2ccc(F)cc2)C(CCN)C(=O)N1. The van der Waals surface area contributed by atoms with E-state index in [4.69, 9.17) is 5.73 Å². The highest BCUT2D eigenvalue weighted by Crippen LogP contribution is 2.25. The predicted molar refractivity (Wildman–Crippen MR) is 73.4 cm³/mol. The van der Waals surface area contributed by atoms with Crippen molar-refractivity contribution in [1.82, 2.24) is 5.32 Å². The first-order valence-electron chi connectivity index (χ1n) is 6.47. The van der Waals surface area contributed by atoms with Gasteiger partial charge in [0.2, 0.25) is 5.91 Å². The van der Waals surface area contributed by atoms with E-state index < -0.39 is 0 Å². The van der Waals surface area contributed by atoms with Crippen molar-refractivity contribution in [2.45, 2.75) is 31.8 Å². The molecular weight excluding hydrogens is 245 g/mol. The van der Waals surface area contributed by atoms with Crippen LogP contribution in [0.1, 0.15) is 20.3 Å². The molecule has 0 aromatic heterocycles. The maximum Gasteiger partial charge on any atom is 0.243 e. The molecule has 3 N–H and O–H groups in total. The van der Waals surface area contributed by atoms with Crippen molar-refractivity contribution < 1.29 is 9.18 Å². The minimum Gasteiger partial charge on any atom is -0.357 e. The predicted octanol–water partition coefficient (Wildman–Crippen LogP) is 1.26. The molecule has 1 unspecified atom stereocenters. The van der Waals surface area contributed by atoms with Gasteiger partial charge in [0.05, 0.1) is 5.54 Å². The van der Waals surface area contributed by atoms with Crippen molar-refractivity contribution in [1.29, 1.82) is 0 Å². The van der Waals surface area contributed by atoms with E-state index in [9.17, 15) is 9.18 Å². The van der Waals surface area contributed by atoms with Gasteiger partial charge in [-0.15, -0.1) is 0 Å². The number of carbonyl (C=O) groups is 1. The Morgan fingerprint density at radius 1 is 1.42 bits per heavy atom. The lowest BCUT2D eigenvalue weighted by Crippen LogP contribution is -2.65. The molecule has 5 heteroatoms. The average molecular weight is 265 g/mol. The lowest BCUT2D eigenvalue weighted by molar-refractivity contribution is -0.125. The molecule has 1 aliphatic rings. The summed E-state index contributed by atoms with van der Waals surface area (Å²) in [5.74, 6) is -0.300. The van der Waals surface area contributed by atoms with Gasteiger partial charge in [0.15, 0.2) is 0 Å². The quantitative estimate of drug-likeness (QED) is 0.865. The lowest BCUT2D eigenvalue weighted by atomic mass is 9.96. The van der Waals surface area contributed by atoms with Crippen LogP contribution in [0.15, 0.2) is 24.3 Å². The Labute approximate surface area is 112 Å². The van der Waals surface area contributed by atoms with E-state index in [1.165, 1.54) is 12.1 Å². The first kappa shape index (κ1) is 13.8. The standard InChI is InChI=1S/C14H20FN3O/c1-14(2)9-18(11-5-3-10(15)4-6-11)12(7-8-16)13(19)17-14/h3-6,12H,7-9,16H2,1-2H3,(H,17,19). The molecule has 1 aliphatic heterocycles. The first-order valence-corrected chi connectivity index (χ1v) is 6.47. The Bertz CT molecular complexity index is 458. The van der Waals surface area contributed by atoms with E-state index in [1.54, 1.807) is 12.1 Å². The molecule has 1 aromatic rings. The number of amides is 1. The van der Waals surface area contributed by atoms with Crippen LogP contribution in [-0.4, -0.2) is 30.6 Å². The van der Waals surface area contributed by atoms with Gasteiger partial charge < -0.3 is 16.0 Å². The summed E-state index contributed by atoms with van der Waals surface area (Å²) in [6.07, 6.45) is 0.583. The molecular formula is C14H20FN3O. The highest BCUT2D eigenvalue weighted by atomic mass is 19.1. The second kappa shape index (κ2) is 5.17. The molecule has 1 heterocycles. The Hall–Kier alpha value is -1.62.